The molecule has 102 valence electrons. The van der Waals surface area contributed by atoms with Gasteiger partial charge in [0.1, 0.15) is 0 Å². The summed E-state index contributed by atoms with van der Waals surface area (Å²) in [5.41, 5.74) is 0.227. The zero-order chi connectivity index (χ0) is 13.3. The standard InChI is InChI=1S/C14H30N2O/c1-12(2)13(17)15-10-8-6-7-9-11-16-14(3,4)5/h12,16H,6-11H2,1-5H3,(H,15,17). The molecule has 0 radical (unpaired) electrons. The predicted molar refractivity (Wildman–Crippen MR) is 74.1 cm³/mol. The van der Waals surface area contributed by atoms with Gasteiger partial charge in [-0.2, -0.15) is 0 Å². The van der Waals surface area contributed by atoms with Crippen molar-refractivity contribution in [1.29, 1.82) is 0 Å². The summed E-state index contributed by atoms with van der Waals surface area (Å²) in [4.78, 5) is 11.3. The number of amides is 1. The van der Waals surface area contributed by atoms with Gasteiger partial charge >= 0.3 is 0 Å². The summed E-state index contributed by atoms with van der Waals surface area (Å²) in [6.07, 6.45) is 4.74. The van der Waals surface area contributed by atoms with Gasteiger partial charge in [0.15, 0.2) is 0 Å². The fourth-order valence-corrected chi connectivity index (χ4v) is 1.48. The molecule has 0 aliphatic heterocycles. The van der Waals surface area contributed by atoms with Crippen LogP contribution in [0.15, 0.2) is 0 Å². The molecule has 0 unspecified atom stereocenters. The summed E-state index contributed by atoms with van der Waals surface area (Å²) in [5.74, 6) is 0.269. The molecule has 0 atom stereocenters. The SMILES string of the molecule is CC(C)C(=O)NCCCCCCNC(C)(C)C. The fourth-order valence-electron chi connectivity index (χ4n) is 1.48. The minimum Gasteiger partial charge on any atom is -0.356 e. The molecule has 3 nitrogen and oxygen atoms in total. The second-order valence-corrected chi connectivity index (χ2v) is 6.04. The first kappa shape index (κ1) is 16.4. The number of carbonyl (C=O) groups is 1. The largest absolute Gasteiger partial charge is 0.356 e. The number of rotatable bonds is 8. The van der Waals surface area contributed by atoms with E-state index in [9.17, 15) is 4.79 Å². The maximum atomic E-state index is 11.3. The first-order valence-electron chi connectivity index (χ1n) is 6.85. The van der Waals surface area contributed by atoms with E-state index >= 15 is 0 Å². The normalized spacial score (nSPS) is 11.9. The average Bonchev–Trinajstić information content (AvgIpc) is 2.19. The van der Waals surface area contributed by atoms with Gasteiger partial charge in [-0.3, -0.25) is 4.79 Å². The topological polar surface area (TPSA) is 41.1 Å². The Hall–Kier alpha value is -0.570. The van der Waals surface area contributed by atoms with Crippen LogP contribution in [0.3, 0.4) is 0 Å². The molecule has 3 heteroatoms. The van der Waals surface area contributed by atoms with E-state index in [0.717, 1.165) is 19.5 Å². The van der Waals surface area contributed by atoms with Crippen LogP contribution in [0.4, 0.5) is 0 Å². The molecule has 0 aromatic carbocycles. The van der Waals surface area contributed by atoms with Crippen LogP contribution in [0.5, 0.6) is 0 Å². The van der Waals surface area contributed by atoms with Crippen molar-refractivity contribution in [3.63, 3.8) is 0 Å². The third-order valence-corrected chi connectivity index (χ3v) is 2.58. The summed E-state index contributed by atoms with van der Waals surface area (Å²) in [7, 11) is 0. The van der Waals surface area contributed by atoms with Gasteiger partial charge in [0, 0.05) is 18.0 Å². The minimum atomic E-state index is 0.103. The van der Waals surface area contributed by atoms with Gasteiger partial charge in [-0.25, -0.2) is 0 Å². The highest BCUT2D eigenvalue weighted by Crippen LogP contribution is 2.02. The molecule has 1 amide bonds. The van der Waals surface area contributed by atoms with E-state index in [2.05, 4.69) is 31.4 Å². The Kier molecular flexibility index (Phi) is 8.23. The molecule has 17 heavy (non-hydrogen) atoms. The monoisotopic (exact) mass is 242 g/mol. The number of hydrogen-bond acceptors (Lipinski definition) is 2. The quantitative estimate of drug-likeness (QED) is 0.643. The van der Waals surface area contributed by atoms with E-state index < -0.39 is 0 Å². The van der Waals surface area contributed by atoms with Crippen molar-refractivity contribution in [2.75, 3.05) is 13.1 Å². The number of unbranched alkanes of at least 4 members (excludes halogenated alkanes) is 3. The van der Waals surface area contributed by atoms with Crippen LogP contribution >= 0.6 is 0 Å². The Morgan fingerprint density at radius 1 is 1.00 bits per heavy atom. The molecule has 0 fully saturated rings. The third kappa shape index (κ3) is 11.7. The van der Waals surface area contributed by atoms with Crippen molar-refractivity contribution in [3.8, 4) is 0 Å². The highest BCUT2D eigenvalue weighted by Gasteiger charge is 2.07. The number of hydrogen-bond donors (Lipinski definition) is 2. The Bertz CT molecular complexity index is 207. The second-order valence-electron chi connectivity index (χ2n) is 6.04. The molecule has 0 rings (SSSR count). The first-order valence-corrected chi connectivity index (χ1v) is 6.85. The molecule has 0 aromatic heterocycles. The van der Waals surface area contributed by atoms with Crippen molar-refractivity contribution >= 4 is 5.91 Å². The summed E-state index contributed by atoms with van der Waals surface area (Å²) in [5, 5.41) is 6.42. The van der Waals surface area contributed by atoms with Crippen molar-refractivity contribution in [2.24, 2.45) is 5.92 Å². The van der Waals surface area contributed by atoms with Gasteiger partial charge in [0.2, 0.25) is 5.91 Å². The van der Waals surface area contributed by atoms with Crippen molar-refractivity contribution in [2.45, 2.75) is 65.8 Å². The predicted octanol–water partition coefficient (Wildman–Crippen LogP) is 2.71. The number of nitrogens with one attached hydrogen (secondary N) is 2. The molecule has 0 aliphatic carbocycles. The minimum absolute atomic E-state index is 0.103. The van der Waals surface area contributed by atoms with Gasteiger partial charge in [0.05, 0.1) is 0 Å². The van der Waals surface area contributed by atoms with Crippen molar-refractivity contribution in [1.82, 2.24) is 10.6 Å². The van der Waals surface area contributed by atoms with E-state index in [-0.39, 0.29) is 17.4 Å². The van der Waals surface area contributed by atoms with Gasteiger partial charge < -0.3 is 10.6 Å². The maximum Gasteiger partial charge on any atom is 0.222 e. The Balaban J connectivity index is 3.22. The molecule has 0 heterocycles. The van der Waals surface area contributed by atoms with Crippen LogP contribution < -0.4 is 10.6 Å². The Labute approximate surface area is 107 Å². The zero-order valence-corrected chi connectivity index (χ0v) is 12.2. The van der Waals surface area contributed by atoms with Crippen molar-refractivity contribution < 1.29 is 4.79 Å². The van der Waals surface area contributed by atoms with E-state index in [1.807, 2.05) is 13.8 Å². The average molecular weight is 242 g/mol. The zero-order valence-electron chi connectivity index (χ0n) is 12.2. The van der Waals surface area contributed by atoms with Crippen LogP contribution in [0.25, 0.3) is 0 Å². The molecule has 0 aromatic rings. The molecule has 0 aliphatic rings. The van der Waals surface area contributed by atoms with Gasteiger partial charge in [-0.15, -0.1) is 0 Å². The smallest absolute Gasteiger partial charge is 0.222 e. The third-order valence-electron chi connectivity index (χ3n) is 2.58. The summed E-state index contributed by atoms with van der Waals surface area (Å²) in [6, 6.07) is 0. The lowest BCUT2D eigenvalue weighted by molar-refractivity contribution is -0.123. The Morgan fingerprint density at radius 3 is 2.00 bits per heavy atom. The van der Waals surface area contributed by atoms with Crippen molar-refractivity contribution in [3.05, 3.63) is 0 Å². The molecule has 0 spiro atoms. The second kappa shape index (κ2) is 8.51. The molecule has 0 bridgehead atoms. The molecular formula is C14H30N2O. The van der Waals surface area contributed by atoms with Crippen LogP contribution in [0.1, 0.15) is 60.3 Å². The Morgan fingerprint density at radius 2 is 1.53 bits per heavy atom. The lowest BCUT2D eigenvalue weighted by atomic mass is 10.1. The van der Waals surface area contributed by atoms with Gasteiger partial charge in [-0.05, 0) is 40.2 Å². The highest BCUT2D eigenvalue weighted by atomic mass is 16.1. The van der Waals surface area contributed by atoms with Gasteiger partial charge in [0.25, 0.3) is 0 Å². The molecule has 2 N–H and O–H groups in total. The number of carbonyl (C=O) groups excluding carboxylic acids is 1. The summed E-state index contributed by atoms with van der Waals surface area (Å²) >= 11 is 0. The molecule has 0 saturated carbocycles. The summed E-state index contributed by atoms with van der Waals surface area (Å²) in [6.45, 7) is 12.3. The van der Waals surface area contributed by atoms with E-state index in [1.54, 1.807) is 0 Å². The van der Waals surface area contributed by atoms with Gasteiger partial charge in [-0.1, -0.05) is 26.7 Å². The highest BCUT2D eigenvalue weighted by molar-refractivity contribution is 5.77. The summed E-state index contributed by atoms with van der Waals surface area (Å²) < 4.78 is 0. The van der Waals surface area contributed by atoms with Crippen LogP contribution in [-0.2, 0) is 4.79 Å². The molecular weight excluding hydrogens is 212 g/mol. The first-order chi connectivity index (χ1) is 7.83. The molecule has 0 saturated heterocycles. The lowest BCUT2D eigenvalue weighted by Crippen LogP contribution is -2.36. The lowest BCUT2D eigenvalue weighted by Gasteiger charge is -2.20. The maximum absolute atomic E-state index is 11.3. The van der Waals surface area contributed by atoms with Crippen LogP contribution in [0.2, 0.25) is 0 Å². The fraction of sp³-hybridized carbons (Fsp3) is 0.929. The van der Waals surface area contributed by atoms with Crippen LogP contribution in [-0.4, -0.2) is 24.5 Å². The van der Waals surface area contributed by atoms with Crippen LogP contribution in [0, 0.1) is 5.92 Å². The van der Waals surface area contributed by atoms with E-state index in [0.29, 0.717) is 0 Å². The van der Waals surface area contributed by atoms with E-state index in [4.69, 9.17) is 0 Å². The van der Waals surface area contributed by atoms with E-state index in [1.165, 1.54) is 19.3 Å².